The Kier molecular flexibility index (Phi) is 7.02. The zero-order valence-electron chi connectivity index (χ0n) is 25.6. The van der Waals surface area contributed by atoms with Gasteiger partial charge < -0.3 is 20.6 Å². The van der Waals surface area contributed by atoms with E-state index in [1.807, 2.05) is 25.2 Å². The summed E-state index contributed by atoms with van der Waals surface area (Å²) >= 11 is 0. The van der Waals surface area contributed by atoms with Crippen LogP contribution >= 0.6 is 0 Å². The van der Waals surface area contributed by atoms with Crippen LogP contribution in [0.3, 0.4) is 0 Å². The lowest BCUT2D eigenvalue weighted by Gasteiger charge is -2.35. The number of fused-ring (bicyclic) bond motifs is 5. The van der Waals surface area contributed by atoms with E-state index < -0.39 is 11.2 Å². The van der Waals surface area contributed by atoms with Crippen LogP contribution in [-0.4, -0.2) is 43.7 Å². The van der Waals surface area contributed by atoms with E-state index in [4.69, 9.17) is 15.0 Å². The van der Waals surface area contributed by atoms with E-state index in [0.29, 0.717) is 48.4 Å². The quantitative estimate of drug-likeness (QED) is 0.263. The van der Waals surface area contributed by atoms with Crippen molar-refractivity contribution in [2.45, 2.75) is 104 Å². The highest BCUT2D eigenvalue weighted by molar-refractivity contribution is 6.19. The fraction of sp³-hybridized carbons (Fsp3) is 0.457. The van der Waals surface area contributed by atoms with E-state index >= 15 is 0 Å². The first-order valence-corrected chi connectivity index (χ1v) is 15.6. The van der Waals surface area contributed by atoms with Crippen LogP contribution in [-0.2, 0) is 0 Å². The molecule has 0 amide bonds. The number of rotatable bonds is 6. The molecule has 8 bridgehead atoms. The summed E-state index contributed by atoms with van der Waals surface area (Å²) in [4.78, 5) is 15.3. The lowest BCUT2D eigenvalue weighted by Crippen LogP contribution is -2.50. The van der Waals surface area contributed by atoms with Gasteiger partial charge in [0.15, 0.2) is 0 Å². The second-order valence-electron chi connectivity index (χ2n) is 11.7. The van der Waals surface area contributed by atoms with Gasteiger partial charge in [0, 0.05) is 11.1 Å². The van der Waals surface area contributed by atoms with Gasteiger partial charge in [0.2, 0.25) is 0 Å². The summed E-state index contributed by atoms with van der Waals surface area (Å²) in [5.41, 5.74) is 10.4. The van der Waals surface area contributed by atoms with Gasteiger partial charge in [-0.25, -0.2) is 15.0 Å². The molecule has 5 heterocycles. The van der Waals surface area contributed by atoms with Gasteiger partial charge in [-0.1, -0.05) is 41.5 Å². The van der Waals surface area contributed by atoms with Crippen LogP contribution in [0.5, 0.6) is 0 Å². The Morgan fingerprint density at radius 1 is 0.762 bits per heavy atom. The summed E-state index contributed by atoms with van der Waals surface area (Å²) in [6, 6.07) is 0. The molecule has 7 nitrogen and oxygen atoms in total. The topological polar surface area (TPSA) is 110 Å². The maximum Gasteiger partial charge on any atom is 0.139 e. The fourth-order valence-electron chi connectivity index (χ4n) is 7.72. The van der Waals surface area contributed by atoms with Crippen LogP contribution in [0.25, 0.3) is 0 Å². The first-order chi connectivity index (χ1) is 20.2. The number of aliphatic hydroxyl groups excluding tert-OH is 1. The predicted octanol–water partition coefficient (Wildman–Crippen LogP) is 6.88. The number of aliphatic hydroxyl groups is 3. The standard InChI is InChI=1S/C35H42N4O3/c1-7-19-20(8-2)30-17-31-34(41,12-6)35(42)14-13-24(33(35)39-31)32-23(11-5)21(9-3)28(38-32)16-29-25(18-40)22(10-4)27(36-29)15-26(19)37-30/h15-18,39-42H,7-14H2,1-6H3/b25-18-,26-15?,28-16?,31-17?/t34-,35+/m1/s1. The molecule has 5 aliphatic heterocycles. The van der Waals surface area contributed by atoms with Crippen molar-refractivity contribution in [1.82, 2.24) is 5.32 Å². The van der Waals surface area contributed by atoms with Crippen molar-refractivity contribution in [3.05, 3.63) is 92.0 Å². The Bertz CT molecular complexity index is 1630. The minimum atomic E-state index is -1.47. The minimum absolute atomic E-state index is 0.357. The molecule has 1 aliphatic carbocycles. The highest BCUT2D eigenvalue weighted by Gasteiger charge is 2.62. The molecule has 0 aromatic rings. The molecule has 0 spiro atoms. The largest absolute Gasteiger partial charge is 0.515 e. The second kappa shape index (κ2) is 10.3. The van der Waals surface area contributed by atoms with Gasteiger partial charge in [-0.15, -0.1) is 0 Å². The number of hydrogen-bond donors (Lipinski definition) is 4. The summed E-state index contributed by atoms with van der Waals surface area (Å²) < 4.78 is 0. The molecule has 6 aliphatic rings. The molecule has 0 aromatic heterocycles. The molecule has 7 heteroatoms. The van der Waals surface area contributed by atoms with Crippen LogP contribution in [0.4, 0.5) is 0 Å². The zero-order valence-corrected chi connectivity index (χ0v) is 25.6. The normalized spacial score (nSPS) is 29.4. The molecule has 0 aromatic carbocycles. The van der Waals surface area contributed by atoms with Crippen LogP contribution in [0.15, 0.2) is 107 Å². The van der Waals surface area contributed by atoms with Gasteiger partial charge in [0.25, 0.3) is 0 Å². The third kappa shape index (κ3) is 3.75. The van der Waals surface area contributed by atoms with Crippen LogP contribution in [0, 0.1) is 0 Å². The summed E-state index contributed by atoms with van der Waals surface area (Å²) in [5, 5.41) is 38.3. The lowest BCUT2D eigenvalue weighted by atomic mass is 9.79. The smallest absolute Gasteiger partial charge is 0.139 e. The van der Waals surface area contributed by atoms with Gasteiger partial charge in [0.1, 0.15) is 11.2 Å². The van der Waals surface area contributed by atoms with Crippen LogP contribution < -0.4 is 5.32 Å². The molecule has 0 saturated carbocycles. The first-order valence-electron chi connectivity index (χ1n) is 15.6. The molecule has 220 valence electrons. The average molecular weight is 567 g/mol. The first kappa shape index (κ1) is 28.6. The molecule has 42 heavy (non-hydrogen) atoms. The second-order valence-corrected chi connectivity index (χ2v) is 11.7. The molecule has 0 radical (unpaired) electrons. The molecule has 0 unspecified atom stereocenters. The lowest BCUT2D eigenvalue weighted by molar-refractivity contribution is -0.0931. The third-order valence-corrected chi connectivity index (χ3v) is 9.93. The Labute approximate surface area is 248 Å². The van der Waals surface area contributed by atoms with Crippen molar-refractivity contribution >= 4 is 17.1 Å². The number of nitrogens with zero attached hydrogens (tertiary/aromatic N) is 3. The summed E-state index contributed by atoms with van der Waals surface area (Å²) in [6.45, 7) is 12.5. The van der Waals surface area contributed by atoms with Gasteiger partial charge in [-0.05, 0) is 97.5 Å². The molecule has 4 N–H and O–H groups in total. The summed E-state index contributed by atoms with van der Waals surface area (Å²) in [6.07, 6.45) is 12.4. The Morgan fingerprint density at radius 3 is 2.02 bits per heavy atom. The van der Waals surface area contributed by atoms with Crippen molar-refractivity contribution in [3.63, 3.8) is 0 Å². The Hall–Kier alpha value is -3.55. The average Bonchev–Trinajstić information content (AvgIpc) is 3.75. The van der Waals surface area contributed by atoms with Crippen LogP contribution in [0.2, 0.25) is 0 Å². The highest BCUT2D eigenvalue weighted by Crippen LogP contribution is 2.53. The minimum Gasteiger partial charge on any atom is -0.515 e. The molecular formula is C35H42N4O3. The number of hydrogen-bond acceptors (Lipinski definition) is 7. The van der Waals surface area contributed by atoms with Crippen molar-refractivity contribution in [2.75, 3.05) is 0 Å². The molecule has 2 atom stereocenters. The predicted molar refractivity (Wildman–Crippen MR) is 169 cm³/mol. The van der Waals surface area contributed by atoms with Crippen molar-refractivity contribution in [1.29, 1.82) is 0 Å². The van der Waals surface area contributed by atoms with Gasteiger partial charge in [-0.2, -0.15) is 0 Å². The molecule has 6 rings (SSSR count). The van der Waals surface area contributed by atoms with E-state index in [9.17, 15) is 15.3 Å². The van der Waals surface area contributed by atoms with E-state index in [-0.39, 0.29) is 0 Å². The molecule has 1 saturated heterocycles. The van der Waals surface area contributed by atoms with Gasteiger partial charge in [-0.3, -0.25) is 0 Å². The molecular weight excluding hydrogens is 524 g/mol. The summed E-state index contributed by atoms with van der Waals surface area (Å²) in [5.74, 6) is 0. The maximum atomic E-state index is 12.2. The number of allylic oxidation sites excluding steroid dienone is 10. The fourth-order valence-corrected chi connectivity index (χ4v) is 7.72. The van der Waals surface area contributed by atoms with E-state index in [2.05, 4.69) is 39.9 Å². The maximum absolute atomic E-state index is 12.2. The monoisotopic (exact) mass is 566 g/mol. The number of nitrogens with one attached hydrogen (secondary N) is 1. The third-order valence-electron chi connectivity index (χ3n) is 9.93. The summed E-state index contributed by atoms with van der Waals surface area (Å²) in [7, 11) is 0. The Balaban J connectivity index is 1.70. The zero-order chi connectivity index (χ0) is 30.0. The van der Waals surface area contributed by atoms with Crippen molar-refractivity contribution in [2.24, 2.45) is 15.0 Å². The van der Waals surface area contributed by atoms with Crippen molar-refractivity contribution < 1.29 is 15.3 Å². The molecule has 1 fully saturated rings. The van der Waals surface area contributed by atoms with E-state index in [1.165, 1.54) is 6.26 Å². The SMILES string of the molecule is CCC1=C(CC)C2=NC1=CC1=C(CC)/C(=C/O)C(=N1)C=C1N=C(C(CC)=C1CC)C1=C3NC(=C2)[C@](O)(CC)[C@]3(O)CC1. The van der Waals surface area contributed by atoms with Gasteiger partial charge >= 0.3 is 0 Å². The van der Waals surface area contributed by atoms with Gasteiger partial charge in [0.05, 0.1) is 51.9 Å². The number of aliphatic imine (C=N–C) groups is 3. The van der Waals surface area contributed by atoms with E-state index in [1.54, 1.807) is 0 Å². The Morgan fingerprint density at radius 2 is 1.40 bits per heavy atom. The van der Waals surface area contributed by atoms with Crippen LogP contribution in [0.1, 0.15) is 92.9 Å². The van der Waals surface area contributed by atoms with Crippen molar-refractivity contribution in [3.8, 4) is 0 Å². The van der Waals surface area contributed by atoms with E-state index in [0.717, 1.165) is 87.6 Å². The highest BCUT2D eigenvalue weighted by atomic mass is 16.4.